The average molecular weight is 332 g/mol. The van der Waals surface area contributed by atoms with Gasteiger partial charge >= 0.3 is 35.5 Å². The standard InChI is InChI=1S/C14H28O5S.Na.H/c1-2-3-4-5-6-7-8-9-11-14(15)19-12-10-13-20(16,17)18;;/h2-13H2,1H3,(H,16,17,18);;/q;+1;-1. The predicted molar refractivity (Wildman–Crippen MR) is 80.3 cm³/mol. The maximum absolute atomic E-state index is 11.3. The second-order valence-corrected chi connectivity index (χ2v) is 6.66. The molecule has 0 bridgehead atoms. The molecule has 0 fully saturated rings. The molecule has 0 rings (SSSR count). The Morgan fingerprint density at radius 3 is 2.05 bits per heavy atom. The Morgan fingerprint density at radius 2 is 1.52 bits per heavy atom. The van der Waals surface area contributed by atoms with Crippen molar-refractivity contribution in [3.8, 4) is 0 Å². The van der Waals surface area contributed by atoms with Crippen molar-refractivity contribution in [3.63, 3.8) is 0 Å². The molecule has 0 aromatic rings. The van der Waals surface area contributed by atoms with Crippen LogP contribution in [-0.2, 0) is 19.6 Å². The molecule has 0 heterocycles. The van der Waals surface area contributed by atoms with Gasteiger partial charge in [0.25, 0.3) is 10.1 Å². The van der Waals surface area contributed by atoms with Gasteiger partial charge in [-0.15, -0.1) is 0 Å². The summed E-state index contributed by atoms with van der Waals surface area (Å²) in [5.41, 5.74) is 0. The Labute approximate surface area is 152 Å². The number of unbranched alkanes of at least 4 members (excludes halogenated alkanes) is 7. The van der Waals surface area contributed by atoms with Crippen molar-refractivity contribution in [2.24, 2.45) is 0 Å². The minimum atomic E-state index is -3.95. The Kier molecular flexibility index (Phi) is 17.2. The van der Waals surface area contributed by atoms with Crippen molar-refractivity contribution >= 4 is 16.1 Å². The number of esters is 1. The van der Waals surface area contributed by atoms with Crippen molar-refractivity contribution in [2.75, 3.05) is 12.4 Å². The Balaban J connectivity index is -0.00000180. The summed E-state index contributed by atoms with van der Waals surface area (Å²) in [5.74, 6) is -0.649. The second-order valence-electron chi connectivity index (χ2n) is 5.08. The van der Waals surface area contributed by atoms with E-state index in [4.69, 9.17) is 9.29 Å². The molecular weight excluding hydrogens is 303 g/mol. The topological polar surface area (TPSA) is 80.7 Å². The van der Waals surface area contributed by atoms with E-state index < -0.39 is 10.1 Å². The van der Waals surface area contributed by atoms with Gasteiger partial charge in [0.2, 0.25) is 0 Å². The summed E-state index contributed by atoms with van der Waals surface area (Å²) in [4.78, 5) is 11.3. The van der Waals surface area contributed by atoms with E-state index in [-0.39, 0.29) is 55.7 Å². The SMILES string of the molecule is CCCCCCCCCCC(=O)OCCCS(=O)(=O)O.[H-].[Na+]. The van der Waals surface area contributed by atoms with E-state index in [0.29, 0.717) is 6.42 Å². The molecule has 0 spiro atoms. The summed E-state index contributed by atoms with van der Waals surface area (Å²) in [6, 6.07) is 0. The fourth-order valence-electron chi connectivity index (χ4n) is 1.90. The number of ether oxygens (including phenoxy) is 1. The molecular formula is C14H29NaO5S. The van der Waals surface area contributed by atoms with Crippen molar-refractivity contribution < 1.29 is 53.5 Å². The van der Waals surface area contributed by atoms with Gasteiger partial charge in [-0.25, -0.2) is 0 Å². The normalized spacial score (nSPS) is 11.0. The van der Waals surface area contributed by atoms with Crippen molar-refractivity contribution in [1.29, 1.82) is 0 Å². The molecule has 0 aliphatic carbocycles. The van der Waals surface area contributed by atoms with Crippen LogP contribution in [0.25, 0.3) is 0 Å². The number of hydrogen-bond acceptors (Lipinski definition) is 4. The molecule has 0 unspecified atom stereocenters. The summed E-state index contributed by atoms with van der Waals surface area (Å²) < 4.78 is 34.2. The van der Waals surface area contributed by atoms with E-state index >= 15 is 0 Å². The molecule has 5 nitrogen and oxygen atoms in total. The molecule has 122 valence electrons. The smallest absolute Gasteiger partial charge is 1.00 e. The van der Waals surface area contributed by atoms with Gasteiger partial charge in [0, 0.05) is 6.42 Å². The van der Waals surface area contributed by atoms with Crippen LogP contribution in [-0.4, -0.2) is 31.3 Å². The number of carbonyl (C=O) groups is 1. The van der Waals surface area contributed by atoms with Gasteiger partial charge in [0.05, 0.1) is 12.4 Å². The molecule has 1 N–H and O–H groups in total. The van der Waals surface area contributed by atoms with Crippen LogP contribution in [0, 0.1) is 0 Å². The van der Waals surface area contributed by atoms with Crippen molar-refractivity contribution in [3.05, 3.63) is 0 Å². The van der Waals surface area contributed by atoms with Crippen LogP contribution in [0.2, 0.25) is 0 Å². The average Bonchev–Trinajstić information content (AvgIpc) is 2.37. The summed E-state index contributed by atoms with van der Waals surface area (Å²) in [7, 11) is -3.95. The Bertz CT molecular complexity index is 349. The minimum absolute atomic E-state index is 0. The second kappa shape index (κ2) is 15.3. The maximum Gasteiger partial charge on any atom is 1.00 e. The molecule has 0 aromatic heterocycles. The first-order valence-electron chi connectivity index (χ1n) is 7.56. The number of carbonyl (C=O) groups excluding carboxylic acids is 1. The first-order chi connectivity index (χ1) is 9.45. The van der Waals surface area contributed by atoms with Crippen molar-refractivity contribution in [2.45, 2.75) is 71.1 Å². The maximum atomic E-state index is 11.3. The number of rotatable bonds is 13. The fourth-order valence-corrected chi connectivity index (χ4v) is 2.39. The zero-order chi connectivity index (χ0) is 15.3. The van der Waals surface area contributed by atoms with E-state index in [2.05, 4.69) is 6.92 Å². The third kappa shape index (κ3) is 20.4. The summed E-state index contributed by atoms with van der Waals surface area (Å²) in [5, 5.41) is 0. The van der Waals surface area contributed by atoms with Crippen LogP contribution in [0.4, 0.5) is 0 Å². The van der Waals surface area contributed by atoms with Crippen LogP contribution >= 0.6 is 0 Å². The van der Waals surface area contributed by atoms with E-state index in [9.17, 15) is 13.2 Å². The van der Waals surface area contributed by atoms with Crippen LogP contribution in [0.15, 0.2) is 0 Å². The van der Waals surface area contributed by atoms with Gasteiger partial charge < -0.3 is 6.16 Å². The fraction of sp³-hybridized carbons (Fsp3) is 0.929. The van der Waals surface area contributed by atoms with Gasteiger partial charge in [-0.05, 0) is 12.8 Å². The molecule has 0 saturated carbocycles. The van der Waals surface area contributed by atoms with Gasteiger partial charge in [-0.3, -0.25) is 9.35 Å². The summed E-state index contributed by atoms with van der Waals surface area (Å²) in [6.07, 6.45) is 9.89. The first-order valence-corrected chi connectivity index (χ1v) is 9.17. The molecule has 21 heavy (non-hydrogen) atoms. The largest absolute Gasteiger partial charge is 1.00 e. The van der Waals surface area contributed by atoms with Crippen molar-refractivity contribution in [1.82, 2.24) is 0 Å². The third-order valence-corrected chi connectivity index (χ3v) is 3.85. The zero-order valence-electron chi connectivity index (χ0n) is 14.5. The molecule has 0 saturated heterocycles. The number of hydrogen-bond donors (Lipinski definition) is 1. The van der Waals surface area contributed by atoms with Crippen LogP contribution in [0.3, 0.4) is 0 Å². The molecule has 0 atom stereocenters. The Morgan fingerprint density at radius 1 is 1.00 bits per heavy atom. The molecule has 0 amide bonds. The Hall–Kier alpha value is 0.380. The minimum Gasteiger partial charge on any atom is -1.00 e. The molecule has 0 aromatic carbocycles. The van der Waals surface area contributed by atoms with E-state index in [0.717, 1.165) is 19.3 Å². The molecule has 0 aliphatic heterocycles. The third-order valence-electron chi connectivity index (χ3n) is 3.04. The van der Waals surface area contributed by atoms with Gasteiger partial charge in [-0.1, -0.05) is 51.9 Å². The summed E-state index contributed by atoms with van der Waals surface area (Å²) in [6.45, 7) is 2.25. The summed E-state index contributed by atoms with van der Waals surface area (Å²) >= 11 is 0. The van der Waals surface area contributed by atoms with Gasteiger partial charge in [-0.2, -0.15) is 8.42 Å². The van der Waals surface area contributed by atoms with E-state index in [1.807, 2.05) is 0 Å². The van der Waals surface area contributed by atoms with Gasteiger partial charge in [0.1, 0.15) is 0 Å². The zero-order valence-corrected chi connectivity index (χ0v) is 16.3. The molecule has 7 heteroatoms. The first kappa shape index (κ1) is 23.6. The quantitative estimate of drug-likeness (QED) is 0.229. The van der Waals surface area contributed by atoms with Crippen LogP contribution in [0.1, 0.15) is 72.6 Å². The van der Waals surface area contributed by atoms with Crippen LogP contribution in [0.5, 0.6) is 0 Å². The predicted octanol–water partition coefficient (Wildman–Crippen LogP) is 0.455. The van der Waals surface area contributed by atoms with E-state index in [1.54, 1.807) is 0 Å². The molecule has 0 radical (unpaired) electrons. The van der Waals surface area contributed by atoms with Gasteiger partial charge in [0.15, 0.2) is 0 Å². The van der Waals surface area contributed by atoms with E-state index in [1.165, 1.54) is 32.1 Å². The monoisotopic (exact) mass is 332 g/mol. The van der Waals surface area contributed by atoms with Crippen LogP contribution < -0.4 is 29.6 Å². The molecule has 0 aliphatic rings.